The van der Waals surface area contributed by atoms with Gasteiger partial charge in [0.1, 0.15) is 17.8 Å². The van der Waals surface area contributed by atoms with Crippen LogP contribution in [0.3, 0.4) is 0 Å². The summed E-state index contributed by atoms with van der Waals surface area (Å²) in [5.74, 6) is 1.78. The van der Waals surface area contributed by atoms with E-state index >= 15 is 0 Å². The van der Waals surface area contributed by atoms with Crippen LogP contribution in [0.1, 0.15) is 54.5 Å². The first-order chi connectivity index (χ1) is 27.1. The third-order valence-electron chi connectivity index (χ3n) is 10.4. The molecule has 4 aromatic carbocycles. The summed E-state index contributed by atoms with van der Waals surface area (Å²) in [7, 11) is 0. The zero-order valence-electron chi connectivity index (χ0n) is 31.3. The predicted octanol–water partition coefficient (Wildman–Crippen LogP) is 11.4. The number of hydrogen-bond donors (Lipinski definition) is 1. The summed E-state index contributed by atoms with van der Waals surface area (Å²) >= 11 is 0. The molecule has 0 fully saturated rings. The van der Waals surface area contributed by atoms with Crippen LogP contribution in [0.2, 0.25) is 0 Å². The van der Waals surface area contributed by atoms with Gasteiger partial charge in [-0.15, -0.1) is 5.73 Å². The van der Waals surface area contributed by atoms with Gasteiger partial charge in [-0.3, -0.25) is 4.57 Å². The Kier molecular flexibility index (Phi) is 8.97. The number of hydrogen-bond acceptors (Lipinski definition) is 4. The Bertz CT molecular complexity index is 2700. The average molecular weight is 715 g/mol. The monoisotopic (exact) mass is 714 g/mol. The molecular formula is C49H42N6. The van der Waals surface area contributed by atoms with Crippen molar-refractivity contribution in [1.29, 1.82) is 0 Å². The zero-order valence-corrected chi connectivity index (χ0v) is 31.3. The van der Waals surface area contributed by atoms with E-state index in [9.17, 15) is 0 Å². The topological polar surface area (TPSA) is 50.9 Å². The van der Waals surface area contributed by atoms with Crippen LogP contribution in [0.4, 0.5) is 5.69 Å². The Morgan fingerprint density at radius 1 is 0.836 bits per heavy atom. The Labute approximate surface area is 322 Å². The molecule has 55 heavy (non-hydrogen) atoms. The standard InChI is InChI=1S/C49H42N6/c1-4-5-27-45-35(3)50-47(53(45)40-21-9-6-7-10-22-40)36-30-37(48-51-39-20-14-15-25-42(33-39)55(48)44-28-17-13-19-34(44)2)32-38(31-36)49-52-43-26-16-18-29-46(43)54(49)41-23-11-8-12-24-41/h5-6,8-21,23-32,40,48,51H,4,22H2,1-3H3/b27-5-. The van der Waals surface area contributed by atoms with E-state index in [1.165, 1.54) is 5.56 Å². The van der Waals surface area contributed by atoms with Crippen molar-refractivity contribution in [2.24, 2.45) is 0 Å². The van der Waals surface area contributed by atoms with Crippen LogP contribution in [0.25, 0.3) is 45.6 Å². The minimum absolute atomic E-state index is 0.0599. The van der Waals surface area contributed by atoms with E-state index in [0.717, 1.165) is 86.4 Å². The van der Waals surface area contributed by atoms with E-state index in [4.69, 9.17) is 9.97 Å². The summed E-state index contributed by atoms with van der Waals surface area (Å²) in [6.45, 7) is 6.46. The molecule has 268 valence electrons. The van der Waals surface area contributed by atoms with E-state index in [1.54, 1.807) is 0 Å². The molecule has 9 rings (SSSR count). The van der Waals surface area contributed by atoms with Crippen molar-refractivity contribution in [3.05, 3.63) is 197 Å². The summed E-state index contributed by atoms with van der Waals surface area (Å²) < 4.78 is 4.68. The lowest BCUT2D eigenvalue weighted by Crippen LogP contribution is -2.39. The molecule has 3 heterocycles. The van der Waals surface area contributed by atoms with Crippen molar-refractivity contribution in [2.45, 2.75) is 45.8 Å². The van der Waals surface area contributed by atoms with E-state index in [2.05, 4.69) is 203 Å². The Morgan fingerprint density at radius 3 is 2.47 bits per heavy atom. The van der Waals surface area contributed by atoms with Crippen molar-refractivity contribution >= 4 is 22.8 Å². The first-order valence-electron chi connectivity index (χ1n) is 19.1. The maximum absolute atomic E-state index is 5.37. The number of nitrogens with zero attached hydrogens (tertiary/aromatic N) is 5. The fourth-order valence-electron chi connectivity index (χ4n) is 7.85. The Balaban J connectivity index is 1.33. The van der Waals surface area contributed by atoms with E-state index in [1.807, 2.05) is 6.08 Å². The molecular weight excluding hydrogens is 673 g/mol. The van der Waals surface area contributed by atoms with Gasteiger partial charge in [-0.25, -0.2) is 9.97 Å². The second-order valence-electron chi connectivity index (χ2n) is 14.1. The van der Waals surface area contributed by atoms with Gasteiger partial charge in [0.15, 0.2) is 0 Å². The molecule has 0 amide bonds. The number of allylic oxidation sites excluding steroid dienone is 7. The summed E-state index contributed by atoms with van der Waals surface area (Å²) in [6.07, 6.45) is 22.8. The first-order valence-corrected chi connectivity index (χ1v) is 19.1. The number of aryl methyl sites for hydroxylation is 2. The quantitative estimate of drug-likeness (QED) is 0.160. The molecule has 0 saturated heterocycles. The molecule has 2 atom stereocenters. The molecule has 0 radical (unpaired) electrons. The van der Waals surface area contributed by atoms with E-state index in [0.29, 0.717) is 0 Å². The predicted molar refractivity (Wildman–Crippen MR) is 226 cm³/mol. The summed E-state index contributed by atoms with van der Waals surface area (Å²) in [5.41, 5.74) is 19.4. The molecule has 1 N–H and O–H groups in total. The Hall–Kier alpha value is -6.84. The highest BCUT2D eigenvalue weighted by Crippen LogP contribution is 2.41. The van der Waals surface area contributed by atoms with Gasteiger partial charge in [-0.1, -0.05) is 91.6 Å². The number of aromatic nitrogens is 4. The molecule has 1 aliphatic heterocycles. The van der Waals surface area contributed by atoms with Gasteiger partial charge in [0.2, 0.25) is 0 Å². The molecule has 6 nitrogen and oxygen atoms in total. The van der Waals surface area contributed by atoms with Crippen molar-refractivity contribution in [1.82, 2.24) is 24.4 Å². The highest BCUT2D eigenvalue weighted by molar-refractivity contribution is 5.84. The normalized spacial score (nSPS) is 17.4. The van der Waals surface area contributed by atoms with Gasteiger partial charge in [0, 0.05) is 22.5 Å². The number of anilines is 1. The van der Waals surface area contributed by atoms with Gasteiger partial charge >= 0.3 is 0 Å². The van der Waals surface area contributed by atoms with Crippen LogP contribution in [-0.2, 0) is 0 Å². The smallest absolute Gasteiger partial charge is 0.145 e. The number of para-hydroxylation sites is 4. The summed E-state index contributed by atoms with van der Waals surface area (Å²) in [5, 5.41) is 3.87. The molecule has 2 aromatic heterocycles. The molecule has 0 saturated carbocycles. The SMILES string of the molecule is CC/C=C\c1c(C)nc(-c2cc(-c3nc4ccccc4n3-c3ccccc3)cc(C3NC4=C=C(C=CC=C4)N3c3ccccc3C)c2)n1C1C=CC=C=CC1. The summed E-state index contributed by atoms with van der Waals surface area (Å²) in [6, 6.07) is 34.4. The van der Waals surface area contributed by atoms with Crippen molar-refractivity contribution < 1.29 is 0 Å². The third kappa shape index (κ3) is 6.34. The van der Waals surface area contributed by atoms with Crippen LogP contribution >= 0.6 is 0 Å². The van der Waals surface area contributed by atoms with Gasteiger partial charge in [0.05, 0.1) is 39.9 Å². The van der Waals surface area contributed by atoms with Crippen LogP contribution in [0.5, 0.6) is 0 Å². The third-order valence-corrected chi connectivity index (χ3v) is 10.4. The van der Waals surface area contributed by atoms with Gasteiger partial charge < -0.3 is 14.8 Å². The van der Waals surface area contributed by atoms with Crippen molar-refractivity contribution in [3.8, 4) is 28.5 Å². The zero-order chi connectivity index (χ0) is 37.3. The van der Waals surface area contributed by atoms with Gasteiger partial charge in [-0.2, -0.15) is 0 Å². The number of fused-ring (bicyclic) bond motifs is 1. The molecule has 0 spiro atoms. The number of rotatable bonds is 8. The maximum Gasteiger partial charge on any atom is 0.145 e. The van der Waals surface area contributed by atoms with E-state index in [-0.39, 0.29) is 12.2 Å². The maximum atomic E-state index is 5.37. The van der Waals surface area contributed by atoms with Crippen LogP contribution in [0, 0.1) is 13.8 Å². The number of nitrogens with one attached hydrogen (secondary N) is 1. The molecule has 6 aromatic rings. The number of imidazole rings is 2. The molecule has 2 aliphatic carbocycles. The lowest BCUT2D eigenvalue weighted by Gasteiger charge is -2.38. The van der Waals surface area contributed by atoms with Crippen LogP contribution < -0.4 is 10.2 Å². The van der Waals surface area contributed by atoms with E-state index < -0.39 is 0 Å². The molecule has 6 heteroatoms. The average Bonchev–Trinajstić information content (AvgIpc) is 3.53. The molecule has 2 bridgehead atoms. The fourth-order valence-corrected chi connectivity index (χ4v) is 7.85. The lowest BCUT2D eigenvalue weighted by molar-refractivity contribution is 0.588. The minimum Gasteiger partial charge on any atom is -0.355 e. The van der Waals surface area contributed by atoms with Gasteiger partial charge in [-0.05, 0) is 117 Å². The summed E-state index contributed by atoms with van der Waals surface area (Å²) in [4.78, 5) is 13.1. The van der Waals surface area contributed by atoms with Crippen LogP contribution in [0.15, 0.2) is 175 Å². The Morgan fingerprint density at radius 2 is 1.62 bits per heavy atom. The van der Waals surface area contributed by atoms with Crippen LogP contribution in [-0.4, -0.2) is 19.1 Å². The highest BCUT2D eigenvalue weighted by atomic mass is 15.3. The van der Waals surface area contributed by atoms with Crippen molar-refractivity contribution in [3.63, 3.8) is 0 Å². The highest BCUT2D eigenvalue weighted by Gasteiger charge is 2.31. The first kappa shape index (κ1) is 34.0. The molecule has 2 unspecified atom stereocenters. The van der Waals surface area contributed by atoms with Gasteiger partial charge in [0.25, 0.3) is 0 Å². The largest absolute Gasteiger partial charge is 0.355 e. The minimum atomic E-state index is -0.262. The number of benzene rings is 4. The lowest BCUT2D eigenvalue weighted by atomic mass is 9.99. The van der Waals surface area contributed by atoms with Crippen molar-refractivity contribution in [2.75, 3.05) is 4.90 Å². The second-order valence-corrected chi connectivity index (χ2v) is 14.1. The fraction of sp³-hybridized carbons (Fsp3) is 0.143. The second kappa shape index (κ2) is 14.5. The molecule has 3 aliphatic rings.